The van der Waals surface area contributed by atoms with Crippen molar-refractivity contribution >= 4 is 5.91 Å². The Kier molecular flexibility index (Phi) is 4.27. The number of carbonyl (C=O) groups is 1. The van der Waals surface area contributed by atoms with Crippen LogP contribution in [0.3, 0.4) is 0 Å². The van der Waals surface area contributed by atoms with Gasteiger partial charge in [-0.25, -0.2) is 4.68 Å². The molecule has 2 saturated heterocycles. The van der Waals surface area contributed by atoms with Gasteiger partial charge >= 0.3 is 0 Å². The SMILES string of the molecule is O=C(c1cnn(-c2ccncc2)c1)N1CC(CN2CCOCC2)C1. The van der Waals surface area contributed by atoms with E-state index in [-0.39, 0.29) is 5.91 Å². The average Bonchev–Trinajstić information content (AvgIpc) is 3.09. The maximum Gasteiger partial charge on any atom is 0.257 e. The fourth-order valence-corrected chi connectivity index (χ4v) is 3.25. The lowest BCUT2D eigenvalue weighted by atomic mass is 9.98. The molecule has 4 rings (SSSR count). The highest BCUT2D eigenvalue weighted by Crippen LogP contribution is 2.20. The molecule has 24 heavy (non-hydrogen) atoms. The first-order valence-electron chi connectivity index (χ1n) is 8.34. The number of pyridine rings is 1. The van der Waals surface area contributed by atoms with Crippen molar-refractivity contribution in [1.82, 2.24) is 24.6 Å². The van der Waals surface area contributed by atoms with Crippen molar-refractivity contribution in [2.45, 2.75) is 0 Å². The Bertz CT molecular complexity index is 690. The van der Waals surface area contributed by atoms with Gasteiger partial charge < -0.3 is 9.64 Å². The smallest absolute Gasteiger partial charge is 0.257 e. The van der Waals surface area contributed by atoms with Gasteiger partial charge in [0.15, 0.2) is 0 Å². The second kappa shape index (κ2) is 6.70. The van der Waals surface area contributed by atoms with Crippen LogP contribution in [0, 0.1) is 5.92 Å². The monoisotopic (exact) mass is 327 g/mol. The molecule has 0 aromatic carbocycles. The molecule has 0 aliphatic carbocycles. The number of amides is 1. The van der Waals surface area contributed by atoms with Crippen LogP contribution < -0.4 is 0 Å². The van der Waals surface area contributed by atoms with E-state index < -0.39 is 0 Å². The van der Waals surface area contributed by atoms with Gasteiger partial charge in [0.25, 0.3) is 5.91 Å². The van der Waals surface area contributed by atoms with Crippen LogP contribution in [0.5, 0.6) is 0 Å². The van der Waals surface area contributed by atoms with E-state index in [1.54, 1.807) is 29.5 Å². The van der Waals surface area contributed by atoms with Gasteiger partial charge in [0.05, 0.1) is 30.7 Å². The Labute approximate surface area is 140 Å². The summed E-state index contributed by atoms with van der Waals surface area (Å²) in [6.07, 6.45) is 6.85. The van der Waals surface area contributed by atoms with Crippen LogP contribution in [0.15, 0.2) is 36.9 Å². The van der Waals surface area contributed by atoms with E-state index in [1.165, 1.54) is 0 Å². The largest absolute Gasteiger partial charge is 0.379 e. The van der Waals surface area contributed by atoms with E-state index in [4.69, 9.17) is 4.74 Å². The molecule has 4 heterocycles. The van der Waals surface area contributed by atoms with E-state index >= 15 is 0 Å². The molecule has 2 aliphatic rings. The first kappa shape index (κ1) is 15.3. The number of aromatic nitrogens is 3. The van der Waals surface area contributed by atoms with Gasteiger partial charge in [0.1, 0.15) is 0 Å². The van der Waals surface area contributed by atoms with Gasteiger partial charge in [-0.3, -0.25) is 14.7 Å². The number of morpholine rings is 1. The molecule has 0 bridgehead atoms. The van der Waals surface area contributed by atoms with Crippen LogP contribution in [0.25, 0.3) is 5.69 Å². The number of hydrogen-bond acceptors (Lipinski definition) is 5. The zero-order valence-electron chi connectivity index (χ0n) is 13.5. The van der Waals surface area contributed by atoms with Crippen molar-refractivity contribution in [3.63, 3.8) is 0 Å². The van der Waals surface area contributed by atoms with Crippen molar-refractivity contribution in [2.75, 3.05) is 45.9 Å². The Morgan fingerprint density at radius 2 is 1.96 bits per heavy atom. The molecule has 126 valence electrons. The summed E-state index contributed by atoms with van der Waals surface area (Å²) in [6.45, 7) is 6.37. The van der Waals surface area contributed by atoms with Crippen molar-refractivity contribution in [3.05, 3.63) is 42.5 Å². The van der Waals surface area contributed by atoms with E-state index in [9.17, 15) is 4.79 Å². The highest BCUT2D eigenvalue weighted by Gasteiger charge is 2.33. The summed E-state index contributed by atoms with van der Waals surface area (Å²) in [6, 6.07) is 3.73. The number of hydrogen-bond donors (Lipinski definition) is 0. The molecule has 7 heteroatoms. The van der Waals surface area contributed by atoms with Gasteiger partial charge in [0, 0.05) is 57.2 Å². The van der Waals surface area contributed by atoms with E-state index in [1.807, 2.05) is 17.0 Å². The molecule has 2 aliphatic heterocycles. The summed E-state index contributed by atoms with van der Waals surface area (Å²) >= 11 is 0. The third kappa shape index (κ3) is 3.18. The van der Waals surface area contributed by atoms with Crippen molar-refractivity contribution in [3.8, 4) is 5.69 Å². The molecule has 0 atom stereocenters. The minimum absolute atomic E-state index is 0.0635. The number of rotatable bonds is 4. The minimum atomic E-state index is 0.0635. The molecule has 2 aromatic rings. The van der Waals surface area contributed by atoms with Gasteiger partial charge in [-0.2, -0.15) is 5.10 Å². The van der Waals surface area contributed by atoms with Gasteiger partial charge in [-0.15, -0.1) is 0 Å². The van der Waals surface area contributed by atoms with Crippen LogP contribution in [0.4, 0.5) is 0 Å². The van der Waals surface area contributed by atoms with Crippen LogP contribution in [-0.4, -0.2) is 76.4 Å². The summed E-state index contributed by atoms with van der Waals surface area (Å²) in [5.41, 5.74) is 1.54. The number of likely N-dealkylation sites (tertiary alicyclic amines) is 1. The summed E-state index contributed by atoms with van der Waals surface area (Å²) in [5, 5.41) is 4.28. The Balaban J connectivity index is 1.32. The molecule has 0 spiro atoms. The highest BCUT2D eigenvalue weighted by atomic mass is 16.5. The number of nitrogens with zero attached hydrogens (tertiary/aromatic N) is 5. The summed E-state index contributed by atoms with van der Waals surface area (Å²) in [5.74, 6) is 0.635. The Morgan fingerprint density at radius 1 is 1.21 bits per heavy atom. The van der Waals surface area contributed by atoms with E-state index in [0.717, 1.165) is 51.6 Å². The topological polar surface area (TPSA) is 63.5 Å². The van der Waals surface area contributed by atoms with E-state index in [2.05, 4.69) is 15.0 Å². The molecular formula is C17H21N5O2. The van der Waals surface area contributed by atoms with Crippen LogP contribution >= 0.6 is 0 Å². The summed E-state index contributed by atoms with van der Waals surface area (Å²) in [7, 11) is 0. The lowest BCUT2D eigenvalue weighted by molar-refractivity contribution is 0.00715. The zero-order valence-corrected chi connectivity index (χ0v) is 13.5. The fourth-order valence-electron chi connectivity index (χ4n) is 3.25. The second-order valence-electron chi connectivity index (χ2n) is 6.37. The average molecular weight is 327 g/mol. The molecule has 7 nitrogen and oxygen atoms in total. The second-order valence-corrected chi connectivity index (χ2v) is 6.37. The van der Waals surface area contributed by atoms with Crippen LogP contribution in [-0.2, 0) is 4.74 Å². The first-order chi connectivity index (χ1) is 11.8. The van der Waals surface area contributed by atoms with Crippen LogP contribution in [0.2, 0.25) is 0 Å². The summed E-state index contributed by atoms with van der Waals surface area (Å²) in [4.78, 5) is 20.9. The molecule has 0 N–H and O–H groups in total. The predicted molar refractivity (Wildman–Crippen MR) is 88.0 cm³/mol. The summed E-state index contributed by atoms with van der Waals surface area (Å²) < 4.78 is 7.08. The molecule has 1 amide bonds. The predicted octanol–water partition coefficient (Wildman–Crippen LogP) is 0.671. The molecule has 2 fully saturated rings. The number of carbonyl (C=O) groups excluding carboxylic acids is 1. The van der Waals surface area contributed by atoms with Crippen molar-refractivity contribution < 1.29 is 9.53 Å². The lowest BCUT2D eigenvalue weighted by Crippen LogP contribution is -2.54. The molecule has 0 unspecified atom stereocenters. The van der Waals surface area contributed by atoms with Gasteiger partial charge in [-0.05, 0) is 12.1 Å². The quantitative estimate of drug-likeness (QED) is 0.826. The van der Waals surface area contributed by atoms with Crippen LogP contribution in [0.1, 0.15) is 10.4 Å². The fraction of sp³-hybridized carbons (Fsp3) is 0.471. The lowest BCUT2D eigenvalue weighted by Gasteiger charge is -2.42. The van der Waals surface area contributed by atoms with Crippen molar-refractivity contribution in [1.29, 1.82) is 0 Å². The standard InChI is InChI=1S/C17H21N5O2/c23-17(15-9-19-22(13-15)16-1-3-18-4-2-16)21-11-14(12-21)10-20-5-7-24-8-6-20/h1-4,9,13-14H,5-8,10-12H2. The van der Waals surface area contributed by atoms with Crippen molar-refractivity contribution in [2.24, 2.45) is 5.92 Å². The molecular weight excluding hydrogens is 306 g/mol. The highest BCUT2D eigenvalue weighted by molar-refractivity contribution is 5.94. The van der Waals surface area contributed by atoms with Gasteiger partial charge in [0.2, 0.25) is 0 Å². The normalized spacial score (nSPS) is 19.2. The molecule has 0 radical (unpaired) electrons. The number of ether oxygens (including phenoxy) is 1. The Morgan fingerprint density at radius 3 is 2.71 bits per heavy atom. The van der Waals surface area contributed by atoms with E-state index in [0.29, 0.717) is 11.5 Å². The minimum Gasteiger partial charge on any atom is -0.379 e. The van der Waals surface area contributed by atoms with Gasteiger partial charge in [-0.1, -0.05) is 0 Å². The third-order valence-corrected chi connectivity index (χ3v) is 4.62. The molecule has 2 aromatic heterocycles. The molecule has 0 saturated carbocycles. The maximum absolute atomic E-state index is 12.5. The third-order valence-electron chi connectivity index (χ3n) is 4.62. The maximum atomic E-state index is 12.5. The first-order valence-corrected chi connectivity index (χ1v) is 8.34. The zero-order chi connectivity index (χ0) is 16.4. The Hall–Kier alpha value is -2.25.